The molecule has 90 valence electrons. The van der Waals surface area contributed by atoms with Gasteiger partial charge in [0, 0.05) is 17.5 Å². The summed E-state index contributed by atoms with van der Waals surface area (Å²) in [7, 11) is 0. The van der Waals surface area contributed by atoms with Crippen LogP contribution < -0.4 is 17.0 Å². The Labute approximate surface area is 109 Å². The van der Waals surface area contributed by atoms with Crippen molar-refractivity contribution in [3.05, 3.63) is 47.7 Å². The highest BCUT2D eigenvalue weighted by atomic mass is 79.9. The van der Waals surface area contributed by atoms with Gasteiger partial charge in [0.1, 0.15) is 5.82 Å². The van der Waals surface area contributed by atoms with Crippen LogP contribution in [0, 0.1) is 0 Å². The lowest BCUT2D eigenvalue weighted by molar-refractivity contribution is 0.659. The molecule has 0 atom stereocenters. The van der Waals surface area contributed by atoms with Gasteiger partial charge in [0.2, 0.25) is 0 Å². The molecule has 5 nitrogen and oxygen atoms in total. The number of thiophene rings is 1. The maximum Gasteiger partial charge on any atom is 0.329 e. The molecule has 0 unspecified atom stereocenters. The van der Waals surface area contributed by atoms with Gasteiger partial charge < -0.3 is 5.73 Å². The number of hydrogen-bond acceptors (Lipinski definition) is 4. The minimum atomic E-state index is -0.470. The summed E-state index contributed by atoms with van der Waals surface area (Å²) < 4.78 is 2.41. The van der Waals surface area contributed by atoms with Gasteiger partial charge in [-0.3, -0.25) is 14.3 Å². The second kappa shape index (κ2) is 4.89. The molecule has 17 heavy (non-hydrogen) atoms. The van der Waals surface area contributed by atoms with Gasteiger partial charge in [0.05, 0.1) is 3.79 Å². The maximum absolute atomic E-state index is 11.5. The fourth-order valence-corrected chi connectivity index (χ4v) is 2.95. The summed E-state index contributed by atoms with van der Waals surface area (Å²) in [5, 5.41) is 0. The van der Waals surface area contributed by atoms with Crippen LogP contribution in [-0.4, -0.2) is 9.55 Å². The van der Waals surface area contributed by atoms with Gasteiger partial charge in [-0.2, -0.15) is 0 Å². The number of aryl methyl sites for hydroxylation is 1. The molecule has 0 aromatic carbocycles. The number of nitrogens with zero attached hydrogens (tertiary/aromatic N) is 1. The number of nitrogens with two attached hydrogens (primary N) is 1. The van der Waals surface area contributed by atoms with E-state index in [9.17, 15) is 9.59 Å². The number of anilines is 1. The number of aromatic amines is 1. The molecule has 0 saturated heterocycles. The van der Waals surface area contributed by atoms with Crippen LogP contribution in [0.4, 0.5) is 5.82 Å². The van der Waals surface area contributed by atoms with Crippen LogP contribution in [0.25, 0.3) is 0 Å². The summed E-state index contributed by atoms with van der Waals surface area (Å²) in [5.74, 6) is 0.189. The van der Waals surface area contributed by atoms with E-state index < -0.39 is 11.2 Å². The molecule has 0 spiro atoms. The molecular formula is C10H10BrN3O2S. The standard InChI is InChI=1S/C10H10BrN3O2S/c11-7-2-1-6(17-7)3-4-14-8(12)5-9(15)13-10(14)16/h1-2,5H,3-4,12H2,(H,13,15,16). The second-order valence-electron chi connectivity index (χ2n) is 3.47. The van der Waals surface area contributed by atoms with Gasteiger partial charge in [0.25, 0.3) is 5.56 Å². The van der Waals surface area contributed by atoms with Crippen LogP contribution in [0.2, 0.25) is 0 Å². The molecule has 0 aliphatic carbocycles. The summed E-state index contributed by atoms with van der Waals surface area (Å²) in [6.07, 6.45) is 0.701. The first-order valence-electron chi connectivity index (χ1n) is 4.90. The quantitative estimate of drug-likeness (QED) is 0.892. The second-order valence-corrected chi connectivity index (χ2v) is 6.02. The predicted molar refractivity (Wildman–Crippen MR) is 71.5 cm³/mol. The molecular weight excluding hydrogens is 306 g/mol. The Morgan fingerprint density at radius 2 is 2.18 bits per heavy atom. The van der Waals surface area contributed by atoms with Crippen molar-refractivity contribution >= 4 is 33.1 Å². The molecule has 0 aliphatic rings. The van der Waals surface area contributed by atoms with Crippen LogP contribution >= 0.6 is 27.3 Å². The molecule has 0 saturated carbocycles. The smallest absolute Gasteiger partial charge is 0.329 e. The fourth-order valence-electron chi connectivity index (χ4n) is 1.48. The average molecular weight is 316 g/mol. The number of rotatable bonds is 3. The Kier molecular flexibility index (Phi) is 3.49. The van der Waals surface area contributed by atoms with Crippen molar-refractivity contribution in [1.29, 1.82) is 0 Å². The van der Waals surface area contributed by atoms with E-state index in [1.807, 2.05) is 12.1 Å². The summed E-state index contributed by atoms with van der Waals surface area (Å²) in [4.78, 5) is 25.8. The minimum absolute atomic E-state index is 0.189. The minimum Gasteiger partial charge on any atom is -0.385 e. The van der Waals surface area contributed by atoms with Gasteiger partial charge in [-0.15, -0.1) is 11.3 Å². The number of hydrogen-bond donors (Lipinski definition) is 2. The first-order valence-corrected chi connectivity index (χ1v) is 6.51. The van der Waals surface area contributed by atoms with Gasteiger partial charge in [0.15, 0.2) is 0 Å². The SMILES string of the molecule is Nc1cc(=O)[nH]c(=O)n1CCc1ccc(Br)s1. The third kappa shape index (κ3) is 2.86. The molecule has 7 heteroatoms. The number of halogens is 1. The van der Waals surface area contributed by atoms with Crippen molar-refractivity contribution < 1.29 is 0 Å². The first kappa shape index (κ1) is 12.1. The van der Waals surface area contributed by atoms with Crippen LogP contribution in [0.3, 0.4) is 0 Å². The molecule has 0 bridgehead atoms. The Bertz CT molecular complexity index is 643. The average Bonchev–Trinajstić information content (AvgIpc) is 2.62. The van der Waals surface area contributed by atoms with Crippen LogP contribution in [0.5, 0.6) is 0 Å². The molecule has 0 amide bonds. The Morgan fingerprint density at radius 3 is 2.76 bits per heavy atom. The Morgan fingerprint density at radius 1 is 1.41 bits per heavy atom. The third-order valence-electron chi connectivity index (χ3n) is 2.28. The highest BCUT2D eigenvalue weighted by Gasteiger charge is 2.04. The zero-order valence-electron chi connectivity index (χ0n) is 8.77. The van der Waals surface area contributed by atoms with Crippen molar-refractivity contribution in [1.82, 2.24) is 9.55 Å². The number of nitrogen functional groups attached to an aromatic ring is 1. The molecule has 2 aromatic rings. The van der Waals surface area contributed by atoms with Crippen molar-refractivity contribution in [2.45, 2.75) is 13.0 Å². The molecule has 3 N–H and O–H groups in total. The molecule has 0 aliphatic heterocycles. The molecule has 0 fully saturated rings. The van der Waals surface area contributed by atoms with E-state index in [0.717, 1.165) is 8.66 Å². The summed E-state index contributed by atoms with van der Waals surface area (Å²) in [6, 6.07) is 5.16. The summed E-state index contributed by atoms with van der Waals surface area (Å²) in [6.45, 7) is 0.453. The number of H-pyrrole nitrogens is 1. The molecule has 2 aromatic heterocycles. The monoisotopic (exact) mass is 315 g/mol. The van der Waals surface area contributed by atoms with Crippen molar-refractivity contribution in [2.75, 3.05) is 5.73 Å². The maximum atomic E-state index is 11.5. The van der Waals surface area contributed by atoms with E-state index in [0.29, 0.717) is 13.0 Å². The van der Waals surface area contributed by atoms with Gasteiger partial charge in [-0.05, 0) is 34.5 Å². The lowest BCUT2D eigenvalue weighted by Gasteiger charge is -2.06. The van der Waals surface area contributed by atoms with Gasteiger partial charge in [-0.25, -0.2) is 4.79 Å². The highest BCUT2D eigenvalue weighted by molar-refractivity contribution is 9.11. The van der Waals surface area contributed by atoms with E-state index in [2.05, 4.69) is 20.9 Å². The Balaban J connectivity index is 2.20. The summed E-state index contributed by atoms with van der Waals surface area (Å²) in [5.41, 5.74) is 4.69. The lowest BCUT2D eigenvalue weighted by Crippen LogP contribution is -2.31. The molecule has 2 heterocycles. The molecule has 0 radical (unpaired) electrons. The lowest BCUT2D eigenvalue weighted by atomic mass is 10.3. The van der Waals surface area contributed by atoms with E-state index in [1.54, 1.807) is 11.3 Å². The van der Waals surface area contributed by atoms with Crippen LogP contribution in [-0.2, 0) is 13.0 Å². The predicted octanol–water partition coefficient (Wildman–Crippen LogP) is 1.19. The fraction of sp³-hybridized carbons (Fsp3) is 0.200. The largest absolute Gasteiger partial charge is 0.385 e. The van der Waals surface area contributed by atoms with Crippen molar-refractivity contribution in [2.24, 2.45) is 0 Å². The van der Waals surface area contributed by atoms with E-state index in [4.69, 9.17) is 5.73 Å². The summed E-state index contributed by atoms with van der Waals surface area (Å²) >= 11 is 4.99. The van der Waals surface area contributed by atoms with Gasteiger partial charge >= 0.3 is 5.69 Å². The normalized spacial score (nSPS) is 10.6. The van der Waals surface area contributed by atoms with Gasteiger partial charge in [-0.1, -0.05) is 0 Å². The highest BCUT2D eigenvalue weighted by Crippen LogP contribution is 2.22. The topological polar surface area (TPSA) is 80.9 Å². The van der Waals surface area contributed by atoms with Crippen molar-refractivity contribution in [3.63, 3.8) is 0 Å². The van der Waals surface area contributed by atoms with Crippen LogP contribution in [0.1, 0.15) is 4.88 Å². The Hall–Kier alpha value is -1.34. The molecule has 2 rings (SSSR count). The number of aromatic nitrogens is 2. The third-order valence-corrected chi connectivity index (χ3v) is 3.96. The van der Waals surface area contributed by atoms with Crippen LogP contribution in [0.15, 0.2) is 31.6 Å². The van der Waals surface area contributed by atoms with E-state index in [-0.39, 0.29) is 5.82 Å². The first-order chi connectivity index (χ1) is 8.06. The van der Waals surface area contributed by atoms with E-state index >= 15 is 0 Å². The van der Waals surface area contributed by atoms with Crippen molar-refractivity contribution in [3.8, 4) is 0 Å². The zero-order chi connectivity index (χ0) is 12.4. The number of nitrogens with one attached hydrogen (secondary N) is 1. The zero-order valence-corrected chi connectivity index (χ0v) is 11.2. The van der Waals surface area contributed by atoms with E-state index in [1.165, 1.54) is 10.6 Å².